The number of carbonyl (C=O) groups excluding carboxylic acids is 1. The highest BCUT2D eigenvalue weighted by atomic mass is 32.1. The number of rotatable bonds is 4. The quantitative estimate of drug-likeness (QED) is 0.929. The van der Waals surface area contributed by atoms with Gasteiger partial charge in [0.15, 0.2) is 5.13 Å². The number of anilines is 1. The third kappa shape index (κ3) is 4.45. The van der Waals surface area contributed by atoms with Crippen molar-refractivity contribution in [3.8, 4) is 5.88 Å². The van der Waals surface area contributed by atoms with Crippen molar-refractivity contribution in [2.45, 2.75) is 26.4 Å². The number of aromatic nitrogens is 2. The average Bonchev–Trinajstić information content (AvgIpc) is 2.75. The van der Waals surface area contributed by atoms with Crippen LogP contribution < -0.4 is 10.5 Å². The molecule has 2 aromatic heterocycles. The molecule has 0 radical (unpaired) electrons. The van der Waals surface area contributed by atoms with Crippen molar-refractivity contribution < 1.29 is 14.3 Å². The Morgan fingerprint density at radius 1 is 1.36 bits per heavy atom. The maximum atomic E-state index is 11.8. The monoisotopic (exact) mass is 324 g/mol. The predicted octanol–water partition coefficient (Wildman–Crippen LogP) is 2.52. The summed E-state index contributed by atoms with van der Waals surface area (Å²) >= 11 is 1.31. The van der Waals surface area contributed by atoms with Gasteiger partial charge < -0.3 is 20.1 Å². The molecule has 0 bridgehead atoms. The van der Waals surface area contributed by atoms with E-state index in [4.69, 9.17) is 15.2 Å². The van der Waals surface area contributed by atoms with E-state index >= 15 is 0 Å². The topological polar surface area (TPSA) is 90.6 Å². The molecule has 0 aliphatic heterocycles. The number of carbonyl (C=O) groups is 1. The van der Waals surface area contributed by atoms with E-state index in [-0.39, 0.29) is 6.09 Å². The summed E-state index contributed by atoms with van der Waals surface area (Å²) in [5.74, 6) is 0.480. The lowest BCUT2D eigenvalue weighted by Gasteiger charge is -2.24. The fraction of sp³-hybridized carbons (Fsp3) is 0.500. The van der Waals surface area contributed by atoms with Gasteiger partial charge in [-0.25, -0.2) is 14.8 Å². The van der Waals surface area contributed by atoms with Crippen LogP contribution in [0.4, 0.5) is 9.93 Å². The first kappa shape index (κ1) is 16.3. The summed E-state index contributed by atoms with van der Waals surface area (Å²) in [5.41, 5.74) is 5.87. The second-order valence-electron chi connectivity index (χ2n) is 5.78. The first-order valence-corrected chi connectivity index (χ1v) is 7.66. The number of ether oxygens (including phenoxy) is 2. The number of thiazole rings is 1. The SMILES string of the molecule is CN(CCOc1ccc2nc(N)sc2n1)C(=O)OC(C)(C)C. The van der Waals surface area contributed by atoms with Crippen LogP contribution in [-0.2, 0) is 4.74 Å². The van der Waals surface area contributed by atoms with Crippen LogP contribution in [0.1, 0.15) is 20.8 Å². The Morgan fingerprint density at radius 2 is 2.09 bits per heavy atom. The molecule has 8 heteroatoms. The zero-order valence-corrected chi connectivity index (χ0v) is 13.9. The Hall–Kier alpha value is -2.09. The van der Waals surface area contributed by atoms with E-state index in [0.29, 0.717) is 24.2 Å². The number of nitrogen functional groups attached to an aromatic ring is 1. The van der Waals surface area contributed by atoms with Gasteiger partial charge in [0, 0.05) is 13.1 Å². The van der Waals surface area contributed by atoms with Crippen LogP contribution in [0.15, 0.2) is 12.1 Å². The molecule has 0 unspecified atom stereocenters. The summed E-state index contributed by atoms with van der Waals surface area (Å²) in [6.45, 7) is 6.21. The number of hydrogen-bond acceptors (Lipinski definition) is 7. The van der Waals surface area contributed by atoms with Crippen LogP contribution in [0.5, 0.6) is 5.88 Å². The highest BCUT2D eigenvalue weighted by Gasteiger charge is 2.19. The van der Waals surface area contributed by atoms with Gasteiger partial charge in [-0.05, 0) is 26.8 Å². The number of fused-ring (bicyclic) bond motifs is 1. The molecule has 2 rings (SSSR count). The molecule has 2 aromatic rings. The van der Waals surface area contributed by atoms with Crippen LogP contribution in [0.25, 0.3) is 10.3 Å². The van der Waals surface area contributed by atoms with Crippen molar-refractivity contribution >= 4 is 32.9 Å². The minimum absolute atomic E-state index is 0.322. The van der Waals surface area contributed by atoms with E-state index in [1.54, 1.807) is 13.1 Å². The molecule has 22 heavy (non-hydrogen) atoms. The summed E-state index contributed by atoms with van der Waals surface area (Å²) < 4.78 is 10.8. The maximum absolute atomic E-state index is 11.8. The summed E-state index contributed by atoms with van der Waals surface area (Å²) in [4.78, 5) is 22.4. The Kier molecular flexibility index (Phi) is 4.70. The van der Waals surface area contributed by atoms with Gasteiger partial charge in [-0.3, -0.25) is 0 Å². The fourth-order valence-corrected chi connectivity index (χ4v) is 2.31. The predicted molar refractivity (Wildman–Crippen MR) is 86.2 cm³/mol. The fourth-order valence-electron chi connectivity index (χ4n) is 1.62. The van der Waals surface area contributed by atoms with Crippen LogP contribution in [0.3, 0.4) is 0 Å². The minimum Gasteiger partial charge on any atom is -0.476 e. The van der Waals surface area contributed by atoms with E-state index < -0.39 is 5.60 Å². The first-order valence-electron chi connectivity index (χ1n) is 6.84. The number of pyridine rings is 1. The lowest BCUT2D eigenvalue weighted by molar-refractivity contribution is 0.0277. The van der Waals surface area contributed by atoms with Crippen molar-refractivity contribution in [3.63, 3.8) is 0 Å². The molecule has 1 amide bonds. The third-order valence-corrected chi connectivity index (χ3v) is 3.42. The zero-order chi connectivity index (χ0) is 16.3. The first-order chi connectivity index (χ1) is 10.2. The number of hydrogen-bond donors (Lipinski definition) is 1. The third-order valence-electron chi connectivity index (χ3n) is 2.63. The largest absolute Gasteiger partial charge is 0.476 e. The molecule has 0 atom stereocenters. The molecule has 0 saturated heterocycles. The van der Waals surface area contributed by atoms with E-state index in [1.807, 2.05) is 26.8 Å². The molecular formula is C14H20N4O3S. The van der Waals surface area contributed by atoms with E-state index in [0.717, 1.165) is 10.3 Å². The standard InChI is InChI=1S/C14H20N4O3S/c1-14(2,3)21-13(19)18(4)7-8-20-10-6-5-9-11(17-10)22-12(15)16-9/h5-6H,7-8H2,1-4H3,(H2,15,16). The molecule has 120 valence electrons. The lowest BCUT2D eigenvalue weighted by atomic mass is 10.2. The molecular weight excluding hydrogens is 304 g/mol. The summed E-state index contributed by atoms with van der Waals surface area (Å²) in [5, 5.41) is 0.476. The van der Waals surface area contributed by atoms with Crippen LogP contribution in [0, 0.1) is 0 Å². The van der Waals surface area contributed by atoms with Crippen molar-refractivity contribution in [1.29, 1.82) is 0 Å². The summed E-state index contributed by atoms with van der Waals surface area (Å²) in [6.07, 6.45) is -0.380. The maximum Gasteiger partial charge on any atom is 0.410 e. The van der Waals surface area contributed by atoms with Crippen LogP contribution in [0.2, 0.25) is 0 Å². The number of amides is 1. The Bertz CT molecular complexity index is 666. The normalized spacial score (nSPS) is 11.5. The zero-order valence-electron chi connectivity index (χ0n) is 13.1. The second-order valence-corrected chi connectivity index (χ2v) is 6.79. The van der Waals surface area contributed by atoms with Gasteiger partial charge in [-0.2, -0.15) is 0 Å². The van der Waals surface area contributed by atoms with Crippen molar-refractivity contribution in [1.82, 2.24) is 14.9 Å². The molecule has 0 fully saturated rings. The lowest BCUT2D eigenvalue weighted by Crippen LogP contribution is -2.36. The molecule has 2 N–H and O–H groups in total. The average molecular weight is 324 g/mol. The summed E-state index contributed by atoms with van der Waals surface area (Å²) in [7, 11) is 1.66. The van der Waals surface area contributed by atoms with E-state index in [9.17, 15) is 4.79 Å². The molecule has 0 saturated carbocycles. The van der Waals surface area contributed by atoms with Crippen molar-refractivity contribution in [3.05, 3.63) is 12.1 Å². The Balaban J connectivity index is 1.85. The number of nitrogens with zero attached hydrogens (tertiary/aromatic N) is 3. The molecule has 7 nitrogen and oxygen atoms in total. The van der Waals surface area contributed by atoms with Gasteiger partial charge in [-0.1, -0.05) is 11.3 Å². The number of nitrogens with two attached hydrogens (primary N) is 1. The Morgan fingerprint density at radius 3 is 2.77 bits per heavy atom. The molecule has 0 aromatic carbocycles. The van der Waals surface area contributed by atoms with Gasteiger partial charge in [0.05, 0.1) is 6.54 Å². The molecule has 0 aliphatic rings. The molecule has 0 aliphatic carbocycles. The van der Waals surface area contributed by atoms with Gasteiger partial charge in [-0.15, -0.1) is 0 Å². The van der Waals surface area contributed by atoms with E-state index in [2.05, 4.69) is 9.97 Å². The van der Waals surface area contributed by atoms with E-state index in [1.165, 1.54) is 16.2 Å². The summed E-state index contributed by atoms with van der Waals surface area (Å²) in [6, 6.07) is 3.54. The molecule has 2 heterocycles. The number of likely N-dealkylation sites (N-methyl/N-ethyl adjacent to an activating group) is 1. The van der Waals surface area contributed by atoms with Crippen molar-refractivity contribution in [2.24, 2.45) is 0 Å². The second kappa shape index (κ2) is 6.35. The minimum atomic E-state index is -0.509. The van der Waals surface area contributed by atoms with Gasteiger partial charge in [0.1, 0.15) is 22.6 Å². The van der Waals surface area contributed by atoms with Gasteiger partial charge >= 0.3 is 6.09 Å². The van der Waals surface area contributed by atoms with Crippen LogP contribution in [-0.4, -0.2) is 46.8 Å². The van der Waals surface area contributed by atoms with Gasteiger partial charge in [0.2, 0.25) is 5.88 Å². The highest BCUT2D eigenvalue weighted by Crippen LogP contribution is 2.23. The smallest absolute Gasteiger partial charge is 0.410 e. The van der Waals surface area contributed by atoms with Gasteiger partial charge in [0.25, 0.3) is 0 Å². The van der Waals surface area contributed by atoms with Crippen LogP contribution >= 0.6 is 11.3 Å². The van der Waals surface area contributed by atoms with Crippen molar-refractivity contribution in [2.75, 3.05) is 25.9 Å². The highest BCUT2D eigenvalue weighted by molar-refractivity contribution is 7.21. The Labute approximate surface area is 133 Å². The molecule has 0 spiro atoms.